The second kappa shape index (κ2) is 6.08. The van der Waals surface area contributed by atoms with Crippen LogP contribution >= 0.6 is 11.8 Å². The normalized spacial score (nSPS) is 9.60. The molecular formula is C10H13N3OS. The first-order valence-electron chi connectivity index (χ1n) is 4.44. The molecule has 1 rings (SSSR count). The van der Waals surface area contributed by atoms with Crippen LogP contribution in [0.25, 0.3) is 0 Å². The fraction of sp³-hybridized carbons (Fsp3) is 0.200. The van der Waals surface area contributed by atoms with E-state index in [0.717, 1.165) is 4.90 Å². The zero-order valence-electron chi connectivity index (χ0n) is 8.27. The van der Waals surface area contributed by atoms with Gasteiger partial charge in [0.05, 0.1) is 17.6 Å². The van der Waals surface area contributed by atoms with E-state index < -0.39 is 0 Å². The summed E-state index contributed by atoms with van der Waals surface area (Å²) in [5, 5.41) is 2.69. The number of amides is 1. The van der Waals surface area contributed by atoms with E-state index in [9.17, 15) is 4.79 Å². The minimum atomic E-state index is -0.0314. The molecule has 3 N–H and O–H groups in total. The molecule has 0 saturated carbocycles. The van der Waals surface area contributed by atoms with Crippen molar-refractivity contribution in [3.8, 4) is 0 Å². The van der Waals surface area contributed by atoms with Gasteiger partial charge < -0.3 is 11.1 Å². The van der Waals surface area contributed by atoms with Crippen molar-refractivity contribution < 1.29 is 4.79 Å². The smallest absolute Gasteiger partial charge is 0.230 e. The molecule has 0 atom stereocenters. The molecule has 5 heteroatoms. The first kappa shape index (κ1) is 11.6. The van der Waals surface area contributed by atoms with Gasteiger partial charge in [-0.1, -0.05) is 6.08 Å². The van der Waals surface area contributed by atoms with Gasteiger partial charge in [-0.25, -0.2) is 0 Å². The van der Waals surface area contributed by atoms with Crippen molar-refractivity contribution in [2.24, 2.45) is 0 Å². The molecule has 0 unspecified atom stereocenters. The van der Waals surface area contributed by atoms with Crippen LogP contribution < -0.4 is 11.1 Å². The lowest BCUT2D eigenvalue weighted by molar-refractivity contribution is -0.118. The third kappa shape index (κ3) is 4.03. The van der Waals surface area contributed by atoms with Crippen LogP contribution in [0.1, 0.15) is 0 Å². The average Bonchev–Trinajstić information content (AvgIpc) is 2.25. The van der Waals surface area contributed by atoms with Crippen LogP contribution in [0.2, 0.25) is 0 Å². The Balaban J connectivity index is 2.40. The lowest BCUT2D eigenvalue weighted by atomic mass is 10.4. The van der Waals surface area contributed by atoms with E-state index in [1.807, 2.05) is 0 Å². The molecule has 80 valence electrons. The Labute approximate surface area is 93.0 Å². The molecule has 0 fully saturated rings. The molecule has 15 heavy (non-hydrogen) atoms. The van der Waals surface area contributed by atoms with E-state index in [2.05, 4.69) is 16.9 Å². The number of hydrogen-bond donors (Lipinski definition) is 2. The van der Waals surface area contributed by atoms with Crippen molar-refractivity contribution in [2.45, 2.75) is 4.90 Å². The van der Waals surface area contributed by atoms with Gasteiger partial charge in [0.2, 0.25) is 5.91 Å². The van der Waals surface area contributed by atoms with Crippen LogP contribution in [-0.4, -0.2) is 23.2 Å². The maximum atomic E-state index is 11.3. The summed E-state index contributed by atoms with van der Waals surface area (Å²) >= 11 is 1.39. The third-order valence-electron chi connectivity index (χ3n) is 1.61. The van der Waals surface area contributed by atoms with Gasteiger partial charge in [-0.15, -0.1) is 18.3 Å². The number of hydrogen-bond acceptors (Lipinski definition) is 4. The second-order valence-electron chi connectivity index (χ2n) is 2.79. The van der Waals surface area contributed by atoms with E-state index >= 15 is 0 Å². The number of thioether (sulfide) groups is 1. The molecule has 1 heterocycles. The van der Waals surface area contributed by atoms with E-state index in [4.69, 9.17) is 5.73 Å². The van der Waals surface area contributed by atoms with Gasteiger partial charge in [-0.2, -0.15) is 0 Å². The van der Waals surface area contributed by atoms with E-state index in [0.29, 0.717) is 18.0 Å². The standard InChI is InChI=1S/C10H13N3OS/c1-2-4-13-10(14)7-15-9-3-5-12-6-8(9)11/h2-3,5-6H,1,4,7,11H2,(H,13,14). The molecule has 1 aromatic rings. The molecule has 0 radical (unpaired) electrons. The number of anilines is 1. The van der Waals surface area contributed by atoms with Crippen molar-refractivity contribution in [1.82, 2.24) is 10.3 Å². The molecule has 0 aliphatic carbocycles. The SMILES string of the molecule is C=CCNC(=O)CSc1ccncc1N. The summed E-state index contributed by atoms with van der Waals surface area (Å²) in [6.45, 7) is 4.01. The van der Waals surface area contributed by atoms with E-state index in [1.54, 1.807) is 24.5 Å². The Morgan fingerprint density at radius 2 is 2.53 bits per heavy atom. The number of nitrogens with zero attached hydrogens (tertiary/aromatic N) is 1. The molecule has 1 amide bonds. The Kier molecular flexibility index (Phi) is 4.70. The largest absolute Gasteiger partial charge is 0.397 e. The number of nitrogen functional groups attached to an aromatic ring is 1. The fourth-order valence-corrected chi connectivity index (χ4v) is 1.67. The zero-order chi connectivity index (χ0) is 11.1. The van der Waals surface area contributed by atoms with Crippen molar-refractivity contribution in [3.05, 3.63) is 31.1 Å². The summed E-state index contributed by atoms with van der Waals surface area (Å²) < 4.78 is 0. The first-order valence-corrected chi connectivity index (χ1v) is 5.42. The lowest BCUT2D eigenvalue weighted by Crippen LogP contribution is -2.24. The van der Waals surface area contributed by atoms with Gasteiger partial charge in [-0.05, 0) is 6.07 Å². The van der Waals surface area contributed by atoms with Crippen LogP contribution in [0.15, 0.2) is 36.0 Å². The van der Waals surface area contributed by atoms with E-state index in [-0.39, 0.29) is 5.91 Å². The van der Waals surface area contributed by atoms with Gasteiger partial charge in [0.15, 0.2) is 0 Å². The Hall–Kier alpha value is -1.49. The van der Waals surface area contributed by atoms with Crippen molar-refractivity contribution >= 4 is 23.4 Å². The van der Waals surface area contributed by atoms with Crippen molar-refractivity contribution in [1.29, 1.82) is 0 Å². The number of nitrogens with two attached hydrogens (primary N) is 1. The summed E-state index contributed by atoms with van der Waals surface area (Å²) in [5.74, 6) is 0.318. The number of nitrogens with one attached hydrogen (secondary N) is 1. The maximum absolute atomic E-state index is 11.3. The highest BCUT2D eigenvalue weighted by atomic mass is 32.2. The Bertz CT molecular complexity index is 354. The topological polar surface area (TPSA) is 68.0 Å². The van der Waals surface area contributed by atoms with Gasteiger partial charge in [-0.3, -0.25) is 9.78 Å². The Morgan fingerprint density at radius 1 is 1.73 bits per heavy atom. The monoisotopic (exact) mass is 223 g/mol. The van der Waals surface area contributed by atoms with Crippen LogP contribution in [0, 0.1) is 0 Å². The first-order chi connectivity index (χ1) is 7.24. The van der Waals surface area contributed by atoms with Crippen LogP contribution in [0.3, 0.4) is 0 Å². The summed E-state index contributed by atoms with van der Waals surface area (Å²) in [5.41, 5.74) is 6.27. The van der Waals surface area contributed by atoms with Gasteiger partial charge >= 0.3 is 0 Å². The van der Waals surface area contributed by atoms with Gasteiger partial charge in [0.25, 0.3) is 0 Å². The number of aromatic nitrogens is 1. The summed E-state index contributed by atoms with van der Waals surface area (Å²) in [7, 11) is 0. The number of rotatable bonds is 5. The third-order valence-corrected chi connectivity index (χ3v) is 2.70. The fourth-order valence-electron chi connectivity index (χ4n) is 0.906. The highest BCUT2D eigenvalue weighted by molar-refractivity contribution is 8.00. The molecule has 4 nitrogen and oxygen atoms in total. The van der Waals surface area contributed by atoms with Crippen LogP contribution in [0.5, 0.6) is 0 Å². The zero-order valence-corrected chi connectivity index (χ0v) is 9.09. The lowest BCUT2D eigenvalue weighted by Gasteiger charge is -2.04. The molecule has 0 aliphatic rings. The number of pyridine rings is 1. The molecule has 1 aromatic heterocycles. The average molecular weight is 223 g/mol. The van der Waals surface area contributed by atoms with E-state index in [1.165, 1.54) is 11.8 Å². The van der Waals surface area contributed by atoms with Gasteiger partial charge in [0, 0.05) is 17.6 Å². The van der Waals surface area contributed by atoms with Crippen LogP contribution in [-0.2, 0) is 4.79 Å². The highest BCUT2D eigenvalue weighted by Crippen LogP contribution is 2.22. The molecule has 0 aromatic carbocycles. The minimum Gasteiger partial charge on any atom is -0.397 e. The predicted octanol–water partition coefficient (Wildman–Crippen LogP) is 1.06. The summed E-state index contributed by atoms with van der Waals surface area (Å²) in [4.78, 5) is 16.0. The molecule has 0 spiro atoms. The highest BCUT2D eigenvalue weighted by Gasteiger charge is 2.03. The number of carbonyl (C=O) groups excluding carboxylic acids is 1. The molecule has 0 saturated heterocycles. The van der Waals surface area contributed by atoms with Gasteiger partial charge in [0.1, 0.15) is 0 Å². The second-order valence-corrected chi connectivity index (χ2v) is 3.81. The van der Waals surface area contributed by atoms with Crippen LogP contribution in [0.4, 0.5) is 5.69 Å². The summed E-state index contributed by atoms with van der Waals surface area (Å²) in [6.07, 6.45) is 4.87. The number of carbonyl (C=O) groups is 1. The Morgan fingerprint density at radius 3 is 3.20 bits per heavy atom. The minimum absolute atomic E-state index is 0.0314. The maximum Gasteiger partial charge on any atom is 0.230 e. The summed E-state index contributed by atoms with van der Waals surface area (Å²) in [6, 6.07) is 1.79. The van der Waals surface area contributed by atoms with Crippen molar-refractivity contribution in [2.75, 3.05) is 18.0 Å². The van der Waals surface area contributed by atoms with Crippen molar-refractivity contribution in [3.63, 3.8) is 0 Å². The predicted molar refractivity (Wildman–Crippen MR) is 62.6 cm³/mol. The molecular weight excluding hydrogens is 210 g/mol. The quantitative estimate of drug-likeness (QED) is 0.578. The molecule has 0 aliphatic heterocycles. The molecule has 0 bridgehead atoms.